The Balaban J connectivity index is 1.64. The van der Waals surface area contributed by atoms with Crippen molar-refractivity contribution in [3.63, 3.8) is 0 Å². The molecule has 0 amide bonds. The average molecular weight is 361 g/mol. The topological polar surface area (TPSA) is 94.9 Å². The maximum atomic E-state index is 10.9. The quantitative estimate of drug-likeness (QED) is 0.477. The molecule has 3 rings (SSSR count). The lowest BCUT2D eigenvalue weighted by Gasteiger charge is -2.13. The van der Waals surface area contributed by atoms with E-state index in [2.05, 4.69) is 10.6 Å². The molecule has 2 aromatic carbocycles. The molecule has 1 aliphatic heterocycles. The number of ether oxygens (including phenoxy) is 3. The summed E-state index contributed by atoms with van der Waals surface area (Å²) in [5.41, 5.74) is 1.32. The first-order valence-electron chi connectivity index (χ1n) is 7.32. The molecular formula is C16H15N3O5S. The zero-order chi connectivity index (χ0) is 17.8. The predicted molar refractivity (Wildman–Crippen MR) is 95.3 cm³/mol. The maximum Gasteiger partial charge on any atom is 0.271 e. The first-order chi connectivity index (χ1) is 12.1. The minimum absolute atomic E-state index is 0.0538. The molecule has 25 heavy (non-hydrogen) atoms. The van der Waals surface area contributed by atoms with Crippen molar-refractivity contribution < 1.29 is 19.1 Å². The molecule has 0 saturated heterocycles. The number of rotatable bonds is 5. The summed E-state index contributed by atoms with van der Waals surface area (Å²) in [6.07, 6.45) is 0. The van der Waals surface area contributed by atoms with Gasteiger partial charge in [-0.1, -0.05) is 6.07 Å². The number of anilines is 1. The maximum absolute atomic E-state index is 10.9. The van der Waals surface area contributed by atoms with E-state index in [1.54, 1.807) is 0 Å². The van der Waals surface area contributed by atoms with Crippen LogP contribution < -0.4 is 24.8 Å². The SMILES string of the molecule is COc1ccc([N+](=O)[O-])cc1NC(=S)NCc1ccc2c(c1)OCO2. The molecule has 0 saturated carbocycles. The van der Waals surface area contributed by atoms with Crippen molar-refractivity contribution in [2.24, 2.45) is 0 Å². The summed E-state index contributed by atoms with van der Waals surface area (Å²) < 4.78 is 15.8. The molecule has 0 spiro atoms. The molecule has 2 aromatic rings. The largest absolute Gasteiger partial charge is 0.495 e. The number of non-ortho nitro benzene ring substituents is 1. The first-order valence-corrected chi connectivity index (χ1v) is 7.73. The highest BCUT2D eigenvalue weighted by atomic mass is 32.1. The molecule has 1 aliphatic rings. The molecular weight excluding hydrogens is 346 g/mol. The summed E-state index contributed by atoms with van der Waals surface area (Å²) >= 11 is 5.25. The lowest BCUT2D eigenvalue weighted by atomic mass is 10.2. The number of benzene rings is 2. The first kappa shape index (κ1) is 16.8. The van der Waals surface area contributed by atoms with Crippen molar-refractivity contribution in [3.8, 4) is 17.2 Å². The van der Waals surface area contributed by atoms with Gasteiger partial charge in [-0.2, -0.15) is 0 Å². The van der Waals surface area contributed by atoms with Crippen LogP contribution in [0.25, 0.3) is 0 Å². The second-order valence-corrected chi connectivity index (χ2v) is 5.55. The fourth-order valence-electron chi connectivity index (χ4n) is 2.31. The van der Waals surface area contributed by atoms with Crippen LogP contribution in [-0.4, -0.2) is 23.9 Å². The minimum atomic E-state index is -0.478. The number of fused-ring (bicyclic) bond motifs is 1. The van der Waals surface area contributed by atoms with Crippen LogP contribution in [0.5, 0.6) is 17.2 Å². The van der Waals surface area contributed by atoms with Gasteiger partial charge < -0.3 is 24.8 Å². The van der Waals surface area contributed by atoms with E-state index in [0.717, 1.165) is 5.56 Å². The predicted octanol–water partition coefficient (Wildman–Crippen LogP) is 2.82. The van der Waals surface area contributed by atoms with Gasteiger partial charge in [0.15, 0.2) is 16.6 Å². The van der Waals surface area contributed by atoms with E-state index in [1.165, 1.54) is 25.3 Å². The average Bonchev–Trinajstić information content (AvgIpc) is 3.07. The Bertz CT molecular complexity index is 827. The van der Waals surface area contributed by atoms with Crippen molar-refractivity contribution in [3.05, 3.63) is 52.1 Å². The van der Waals surface area contributed by atoms with E-state index in [9.17, 15) is 10.1 Å². The molecule has 8 nitrogen and oxygen atoms in total. The van der Waals surface area contributed by atoms with E-state index in [1.807, 2.05) is 18.2 Å². The monoisotopic (exact) mass is 361 g/mol. The fraction of sp³-hybridized carbons (Fsp3) is 0.188. The van der Waals surface area contributed by atoms with Gasteiger partial charge in [-0.25, -0.2) is 0 Å². The zero-order valence-electron chi connectivity index (χ0n) is 13.3. The van der Waals surface area contributed by atoms with E-state index in [0.29, 0.717) is 34.6 Å². The third kappa shape index (κ3) is 3.89. The van der Waals surface area contributed by atoms with E-state index in [4.69, 9.17) is 26.4 Å². The Labute approximate surface area is 148 Å². The molecule has 0 atom stereocenters. The van der Waals surface area contributed by atoms with Gasteiger partial charge in [0, 0.05) is 18.7 Å². The summed E-state index contributed by atoms with van der Waals surface area (Å²) in [5, 5.41) is 17.2. The Morgan fingerprint density at radius 2 is 2.08 bits per heavy atom. The fourth-order valence-corrected chi connectivity index (χ4v) is 2.49. The molecule has 0 unspecified atom stereocenters. The third-order valence-corrected chi connectivity index (χ3v) is 3.78. The van der Waals surface area contributed by atoms with Crippen molar-refractivity contribution in [2.75, 3.05) is 19.2 Å². The van der Waals surface area contributed by atoms with Gasteiger partial charge >= 0.3 is 0 Å². The standard InChI is InChI=1S/C16H15N3O5S/c1-22-13-5-3-11(19(20)21)7-12(13)18-16(25)17-8-10-2-4-14-15(6-10)24-9-23-14/h2-7H,8-9H2,1H3,(H2,17,18,25). The van der Waals surface area contributed by atoms with Crippen LogP contribution in [0, 0.1) is 10.1 Å². The Morgan fingerprint density at radius 1 is 1.28 bits per heavy atom. The molecule has 0 radical (unpaired) electrons. The van der Waals surface area contributed by atoms with Crippen molar-refractivity contribution in [1.29, 1.82) is 0 Å². The summed E-state index contributed by atoms with van der Waals surface area (Å²) in [5.74, 6) is 1.86. The number of nitro benzene ring substituents is 1. The Kier molecular flexibility index (Phi) is 4.85. The van der Waals surface area contributed by atoms with Crippen LogP contribution in [0.1, 0.15) is 5.56 Å². The number of hydrogen-bond donors (Lipinski definition) is 2. The van der Waals surface area contributed by atoms with Gasteiger partial charge in [0.25, 0.3) is 5.69 Å². The molecule has 9 heteroatoms. The second-order valence-electron chi connectivity index (χ2n) is 5.14. The summed E-state index contributed by atoms with van der Waals surface area (Å²) in [7, 11) is 1.48. The number of nitro groups is 1. The van der Waals surface area contributed by atoms with Crippen LogP contribution in [0.3, 0.4) is 0 Å². The lowest BCUT2D eigenvalue weighted by Crippen LogP contribution is -2.28. The molecule has 130 valence electrons. The van der Waals surface area contributed by atoms with Crippen molar-refractivity contribution in [2.45, 2.75) is 6.54 Å². The zero-order valence-corrected chi connectivity index (χ0v) is 14.1. The van der Waals surface area contributed by atoms with Crippen LogP contribution in [0.2, 0.25) is 0 Å². The molecule has 2 N–H and O–H groups in total. The molecule has 0 fully saturated rings. The number of thiocarbonyl (C=S) groups is 1. The number of nitrogens with zero attached hydrogens (tertiary/aromatic N) is 1. The minimum Gasteiger partial charge on any atom is -0.495 e. The van der Waals surface area contributed by atoms with Crippen molar-refractivity contribution in [1.82, 2.24) is 5.32 Å². The smallest absolute Gasteiger partial charge is 0.271 e. The van der Waals surface area contributed by atoms with Crippen LogP contribution in [-0.2, 0) is 6.54 Å². The molecule has 0 aromatic heterocycles. The highest BCUT2D eigenvalue weighted by Gasteiger charge is 2.14. The Hall–Kier alpha value is -3.07. The van der Waals surface area contributed by atoms with Gasteiger partial charge in [0.1, 0.15) is 5.75 Å². The summed E-state index contributed by atoms with van der Waals surface area (Å²) in [6, 6.07) is 9.85. The normalized spacial score (nSPS) is 11.7. The van der Waals surface area contributed by atoms with E-state index in [-0.39, 0.29) is 12.5 Å². The van der Waals surface area contributed by atoms with Gasteiger partial charge in [-0.05, 0) is 36.0 Å². The molecule has 1 heterocycles. The number of hydrogen-bond acceptors (Lipinski definition) is 6. The van der Waals surface area contributed by atoms with E-state index >= 15 is 0 Å². The van der Waals surface area contributed by atoms with Gasteiger partial charge in [-0.15, -0.1) is 0 Å². The Morgan fingerprint density at radius 3 is 2.84 bits per heavy atom. The van der Waals surface area contributed by atoms with Crippen LogP contribution in [0.4, 0.5) is 11.4 Å². The number of methoxy groups -OCH3 is 1. The highest BCUT2D eigenvalue weighted by molar-refractivity contribution is 7.80. The van der Waals surface area contributed by atoms with Gasteiger partial charge in [0.2, 0.25) is 6.79 Å². The second kappa shape index (κ2) is 7.22. The van der Waals surface area contributed by atoms with Gasteiger partial charge in [-0.3, -0.25) is 10.1 Å². The van der Waals surface area contributed by atoms with Crippen LogP contribution in [0.15, 0.2) is 36.4 Å². The summed E-state index contributed by atoms with van der Waals surface area (Å²) in [4.78, 5) is 10.4. The van der Waals surface area contributed by atoms with E-state index < -0.39 is 4.92 Å². The van der Waals surface area contributed by atoms with Crippen molar-refractivity contribution >= 4 is 28.7 Å². The van der Waals surface area contributed by atoms with Crippen LogP contribution >= 0.6 is 12.2 Å². The summed E-state index contributed by atoms with van der Waals surface area (Å²) in [6.45, 7) is 0.679. The number of nitrogens with one attached hydrogen (secondary N) is 2. The lowest BCUT2D eigenvalue weighted by molar-refractivity contribution is -0.384. The third-order valence-electron chi connectivity index (χ3n) is 3.53. The molecule has 0 aliphatic carbocycles. The van der Waals surface area contributed by atoms with Gasteiger partial charge in [0.05, 0.1) is 17.7 Å². The highest BCUT2D eigenvalue weighted by Crippen LogP contribution is 2.32. The molecule has 0 bridgehead atoms.